The maximum atomic E-state index is 6.14. The topological polar surface area (TPSA) is 37.1 Å². The van der Waals surface area contributed by atoms with Crippen LogP contribution in [0.15, 0.2) is 99.9 Å². The summed E-state index contributed by atoms with van der Waals surface area (Å²) in [6, 6.07) is 29.3. The average molecular weight is 494 g/mol. The zero-order chi connectivity index (χ0) is 24.4. The number of nitrogens with zero attached hydrogens (tertiary/aromatic N) is 3. The van der Waals surface area contributed by atoms with Crippen molar-refractivity contribution < 1.29 is 0 Å². The lowest BCUT2D eigenvalue weighted by Gasteiger charge is -2.15. The summed E-state index contributed by atoms with van der Waals surface area (Å²) in [7, 11) is 0. The van der Waals surface area contributed by atoms with Crippen LogP contribution in [0.1, 0.15) is 22.3 Å². The van der Waals surface area contributed by atoms with E-state index in [1.165, 1.54) is 21.0 Å². The van der Waals surface area contributed by atoms with E-state index >= 15 is 0 Å². The van der Waals surface area contributed by atoms with E-state index in [9.17, 15) is 0 Å². The first-order valence-corrected chi connectivity index (χ1v) is 12.7. The molecule has 5 rings (SSSR count). The van der Waals surface area contributed by atoms with Crippen LogP contribution in [0.25, 0.3) is 31.3 Å². The summed E-state index contributed by atoms with van der Waals surface area (Å²) >= 11 is 7.87. The maximum absolute atomic E-state index is 6.14. The summed E-state index contributed by atoms with van der Waals surface area (Å²) in [5, 5.41) is 2.42. The number of amidine groups is 2. The Morgan fingerprint density at radius 3 is 2.26 bits per heavy atom. The number of thiophene rings is 1. The van der Waals surface area contributed by atoms with Crippen LogP contribution in [-0.4, -0.2) is 24.4 Å². The molecule has 5 heteroatoms. The van der Waals surface area contributed by atoms with E-state index in [0.717, 1.165) is 32.5 Å². The highest BCUT2D eigenvalue weighted by molar-refractivity contribution is 7.26. The molecule has 0 aliphatic heterocycles. The third-order valence-electron chi connectivity index (χ3n) is 6.14. The fourth-order valence-electron chi connectivity index (χ4n) is 4.51. The summed E-state index contributed by atoms with van der Waals surface area (Å²) in [6.07, 6.45) is 0. The van der Waals surface area contributed by atoms with Gasteiger partial charge in [0.2, 0.25) is 0 Å². The Balaban J connectivity index is 1.72. The van der Waals surface area contributed by atoms with Crippen LogP contribution in [0.4, 0.5) is 0 Å². The molecule has 5 aromatic rings. The van der Waals surface area contributed by atoms with Gasteiger partial charge in [-0.2, -0.15) is 0 Å². The zero-order valence-corrected chi connectivity index (χ0v) is 21.2. The Bertz CT molecular complexity index is 1630. The highest BCUT2D eigenvalue weighted by atomic mass is 35.5. The molecule has 35 heavy (non-hydrogen) atoms. The lowest BCUT2D eigenvalue weighted by Crippen LogP contribution is -2.08. The molecule has 0 aliphatic rings. The normalized spacial score (nSPS) is 12.4. The Labute approximate surface area is 214 Å². The van der Waals surface area contributed by atoms with E-state index in [4.69, 9.17) is 16.6 Å². The molecule has 0 spiro atoms. The van der Waals surface area contributed by atoms with Crippen molar-refractivity contribution in [2.45, 2.75) is 13.8 Å². The molecule has 0 atom stereocenters. The summed E-state index contributed by atoms with van der Waals surface area (Å²) in [6.45, 7) is 8.08. The Hall–Kier alpha value is -3.60. The van der Waals surface area contributed by atoms with E-state index in [1.54, 1.807) is 11.3 Å². The molecule has 0 amide bonds. The molecule has 1 heterocycles. The number of rotatable bonds is 4. The molecule has 0 unspecified atom stereocenters. The van der Waals surface area contributed by atoms with Crippen molar-refractivity contribution in [1.82, 2.24) is 0 Å². The number of benzene rings is 4. The molecule has 3 nitrogen and oxygen atoms in total. The summed E-state index contributed by atoms with van der Waals surface area (Å²) < 4.78 is 2.36. The van der Waals surface area contributed by atoms with Crippen molar-refractivity contribution in [3.05, 3.63) is 107 Å². The second kappa shape index (κ2) is 9.95. The number of aryl methyl sites for hydroxylation is 2. The molecular formula is C30H24ClN3S. The van der Waals surface area contributed by atoms with Crippen molar-refractivity contribution in [3.8, 4) is 11.1 Å². The van der Waals surface area contributed by atoms with Gasteiger partial charge in [-0.05, 0) is 55.0 Å². The predicted molar refractivity (Wildman–Crippen MR) is 154 cm³/mol. The van der Waals surface area contributed by atoms with E-state index in [-0.39, 0.29) is 6.00 Å². The van der Waals surface area contributed by atoms with Crippen LogP contribution in [0, 0.1) is 13.8 Å². The van der Waals surface area contributed by atoms with Gasteiger partial charge in [-0.3, -0.25) is 0 Å². The van der Waals surface area contributed by atoms with Crippen LogP contribution in [0.5, 0.6) is 0 Å². The van der Waals surface area contributed by atoms with Crippen molar-refractivity contribution in [2.75, 3.05) is 6.00 Å². The average Bonchev–Trinajstić information content (AvgIpc) is 3.26. The quantitative estimate of drug-likeness (QED) is 0.104. The molecule has 0 N–H and O–H groups in total. The molecular weight excluding hydrogens is 470 g/mol. The standard InChI is InChI=1S/C30H24ClN3S/c1-19-10-4-5-12-21(19)27-20(2)11-8-15-24(27)30(33-18-31)34-29(32-3)25-16-9-14-23-22-13-6-7-17-26(22)35-28(23)25/h4-17H,3,18H2,1-2H3/b33-30-,34-29?. The van der Waals surface area contributed by atoms with Gasteiger partial charge in [-0.1, -0.05) is 72.8 Å². The van der Waals surface area contributed by atoms with E-state index in [0.29, 0.717) is 11.7 Å². The summed E-state index contributed by atoms with van der Waals surface area (Å²) in [4.78, 5) is 13.9. The number of halogens is 1. The van der Waals surface area contributed by atoms with Gasteiger partial charge in [0.15, 0.2) is 11.7 Å². The van der Waals surface area contributed by atoms with Crippen molar-refractivity contribution >= 4 is 61.5 Å². The molecule has 4 aromatic carbocycles. The second-order valence-corrected chi connectivity index (χ2v) is 9.58. The number of alkyl halides is 1. The van der Waals surface area contributed by atoms with Crippen LogP contribution < -0.4 is 0 Å². The van der Waals surface area contributed by atoms with Gasteiger partial charge in [-0.25, -0.2) is 15.0 Å². The van der Waals surface area contributed by atoms with E-state index < -0.39 is 0 Å². The monoisotopic (exact) mass is 493 g/mol. The highest BCUT2D eigenvalue weighted by Crippen LogP contribution is 2.36. The van der Waals surface area contributed by atoms with Crippen LogP contribution in [0.3, 0.4) is 0 Å². The van der Waals surface area contributed by atoms with Crippen LogP contribution in [-0.2, 0) is 0 Å². The number of aliphatic imine (C=N–C) groups is 3. The summed E-state index contributed by atoms with van der Waals surface area (Å²) in [5.41, 5.74) is 6.44. The molecule has 0 radical (unpaired) electrons. The largest absolute Gasteiger partial charge is 0.250 e. The first-order valence-electron chi connectivity index (χ1n) is 11.3. The molecule has 0 saturated heterocycles. The first kappa shape index (κ1) is 23.2. The molecule has 0 aliphatic carbocycles. The highest BCUT2D eigenvalue weighted by Gasteiger charge is 2.17. The van der Waals surface area contributed by atoms with Crippen molar-refractivity contribution in [2.24, 2.45) is 15.0 Å². The molecule has 1 aromatic heterocycles. The van der Waals surface area contributed by atoms with Gasteiger partial charge in [0, 0.05) is 31.3 Å². The van der Waals surface area contributed by atoms with E-state index in [1.807, 2.05) is 30.3 Å². The van der Waals surface area contributed by atoms with Gasteiger partial charge in [0.05, 0.1) is 0 Å². The Morgan fingerprint density at radius 1 is 0.771 bits per heavy atom. The second-order valence-electron chi connectivity index (χ2n) is 8.29. The van der Waals surface area contributed by atoms with Crippen LogP contribution in [0.2, 0.25) is 0 Å². The van der Waals surface area contributed by atoms with Crippen LogP contribution >= 0.6 is 22.9 Å². The predicted octanol–water partition coefficient (Wildman–Crippen LogP) is 8.43. The molecule has 0 bridgehead atoms. The minimum atomic E-state index is 0.0947. The minimum Gasteiger partial charge on any atom is -0.250 e. The fourth-order valence-corrected chi connectivity index (χ4v) is 5.83. The summed E-state index contributed by atoms with van der Waals surface area (Å²) in [5.74, 6) is 1.07. The SMILES string of the molecule is C=NC(=N/C(=N\CCl)c1cccc(C)c1-c1ccccc1C)c1cccc2c1sc1ccccc12. The lowest BCUT2D eigenvalue weighted by atomic mass is 9.91. The third-order valence-corrected chi connectivity index (χ3v) is 7.48. The number of hydrogen-bond donors (Lipinski definition) is 0. The first-order chi connectivity index (χ1) is 17.1. The van der Waals surface area contributed by atoms with Crippen molar-refractivity contribution in [1.29, 1.82) is 0 Å². The van der Waals surface area contributed by atoms with E-state index in [2.05, 4.69) is 85.1 Å². The third kappa shape index (κ3) is 4.31. The molecule has 172 valence electrons. The fraction of sp³-hybridized carbons (Fsp3) is 0.100. The van der Waals surface area contributed by atoms with Gasteiger partial charge < -0.3 is 0 Å². The molecule has 0 saturated carbocycles. The number of hydrogen-bond acceptors (Lipinski definition) is 2. The maximum Gasteiger partial charge on any atom is 0.162 e. The number of fused-ring (bicyclic) bond motifs is 3. The zero-order valence-electron chi connectivity index (χ0n) is 19.6. The minimum absolute atomic E-state index is 0.0947. The smallest absolute Gasteiger partial charge is 0.162 e. The van der Waals surface area contributed by atoms with Gasteiger partial charge in [-0.15, -0.1) is 22.9 Å². The van der Waals surface area contributed by atoms with Gasteiger partial charge >= 0.3 is 0 Å². The van der Waals surface area contributed by atoms with Gasteiger partial charge in [0.1, 0.15) is 6.00 Å². The van der Waals surface area contributed by atoms with Crippen molar-refractivity contribution in [3.63, 3.8) is 0 Å². The van der Waals surface area contributed by atoms with Gasteiger partial charge in [0.25, 0.3) is 0 Å². The Kier molecular flexibility index (Phi) is 6.58. The lowest BCUT2D eigenvalue weighted by molar-refractivity contribution is 1.31. The molecule has 0 fully saturated rings. The Morgan fingerprint density at radius 2 is 1.46 bits per heavy atom.